The van der Waals surface area contributed by atoms with Gasteiger partial charge >= 0.3 is 0 Å². The van der Waals surface area contributed by atoms with Crippen molar-refractivity contribution in [2.75, 3.05) is 6.54 Å². The number of nitrogens with one attached hydrogen (secondary N) is 1. The molecular formula is C13H11N3O. The Morgan fingerprint density at radius 3 is 2.82 bits per heavy atom. The van der Waals surface area contributed by atoms with E-state index in [2.05, 4.69) is 27.1 Å². The molecule has 2 rings (SSSR count). The first-order valence-corrected chi connectivity index (χ1v) is 5.20. The summed E-state index contributed by atoms with van der Waals surface area (Å²) in [5.74, 6) is 5.75. The van der Waals surface area contributed by atoms with Gasteiger partial charge in [-0.05, 0) is 18.2 Å². The van der Waals surface area contributed by atoms with Crippen molar-refractivity contribution in [3.63, 3.8) is 0 Å². The van der Waals surface area contributed by atoms with Gasteiger partial charge in [-0.15, -0.1) is 0 Å². The zero-order valence-corrected chi connectivity index (χ0v) is 9.40. The third-order valence-corrected chi connectivity index (χ3v) is 2.13. The van der Waals surface area contributed by atoms with E-state index in [9.17, 15) is 4.79 Å². The van der Waals surface area contributed by atoms with E-state index in [4.69, 9.17) is 0 Å². The van der Waals surface area contributed by atoms with Gasteiger partial charge in [-0.3, -0.25) is 14.8 Å². The van der Waals surface area contributed by atoms with Crippen molar-refractivity contribution >= 4 is 16.9 Å². The molecule has 2 aromatic rings. The molecule has 0 fully saturated rings. The minimum atomic E-state index is -0.0799. The van der Waals surface area contributed by atoms with Crippen LogP contribution < -0.4 is 5.32 Å². The standard InChI is InChI=1S/C13H11N3O/c1-10(17)14-6-2-3-11-4-5-12-13(9-11)16-8-7-15-12/h4-5,7-9H,6H2,1H3,(H,14,17). The van der Waals surface area contributed by atoms with Crippen molar-refractivity contribution in [1.29, 1.82) is 0 Å². The van der Waals surface area contributed by atoms with Gasteiger partial charge in [0.05, 0.1) is 17.6 Å². The van der Waals surface area contributed by atoms with Crippen LogP contribution in [-0.2, 0) is 4.79 Å². The molecule has 0 aliphatic heterocycles. The van der Waals surface area contributed by atoms with Crippen molar-refractivity contribution < 1.29 is 4.79 Å². The fourth-order valence-corrected chi connectivity index (χ4v) is 1.36. The number of rotatable bonds is 1. The second-order valence-corrected chi connectivity index (χ2v) is 3.47. The summed E-state index contributed by atoms with van der Waals surface area (Å²) in [6.45, 7) is 1.82. The van der Waals surface area contributed by atoms with Gasteiger partial charge in [0.1, 0.15) is 0 Å². The highest BCUT2D eigenvalue weighted by molar-refractivity contribution is 5.75. The maximum absolute atomic E-state index is 10.6. The lowest BCUT2D eigenvalue weighted by atomic mass is 10.2. The number of amides is 1. The molecule has 1 aromatic carbocycles. The number of benzene rings is 1. The van der Waals surface area contributed by atoms with Crippen LogP contribution in [0.1, 0.15) is 12.5 Å². The summed E-state index contributed by atoms with van der Waals surface area (Å²) in [4.78, 5) is 19.0. The van der Waals surface area contributed by atoms with Crippen LogP contribution in [0.2, 0.25) is 0 Å². The van der Waals surface area contributed by atoms with Gasteiger partial charge in [-0.25, -0.2) is 0 Å². The molecule has 0 aliphatic carbocycles. The third kappa shape index (κ3) is 3.02. The van der Waals surface area contributed by atoms with Gasteiger partial charge in [0.15, 0.2) is 0 Å². The zero-order valence-electron chi connectivity index (χ0n) is 9.40. The molecule has 0 bridgehead atoms. The maximum Gasteiger partial charge on any atom is 0.217 e. The molecule has 17 heavy (non-hydrogen) atoms. The molecule has 0 saturated heterocycles. The van der Waals surface area contributed by atoms with Crippen LogP contribution in [-0.4, -0.2) is 22.4 Å². The van der Waals surface area contributed by atoms with E-state index >= 15 is 0 Å². The average molecular weight is 225 g/mol. The topological polar surface area (TPSA) is 54.9 Å². The lowest BCUT2D eigenvalue weighted by Crippen LogP contribution is -2.19. The minimum Gasteiger partial charge on any atom is -0.345 e. The van der Waals surface area contributed by atoms with Gasteiger partial charge < -0.3 is 5.32 Å². The zero-order chi connectivity index (χ0) is 12.1. The molecule has 1 amide bonds. The van der Waals surface area contributed by atoms with Crippen LogP contribution in [0.25, 0.3) is 11.0 Å². The number of carbonyl (C=O) groups excluding carboxylic acids is 1. The molecule has 0 unspecified atom stereocenters. The Balaban J connectivity index is 2.16. The van der Waals surface area contributed by atoms with Gasteiger partial charge in [-0.2, -0.15) is 0 Å². The summed E-state index contributed by atoms with van der Waals surface area (Å²) < 4.78 is 0. The predicted molar refractivity (Wildman–Crippen MR) is 65.1 cm³/mol. The van der Waals surface area contributed by atoms with Crippen LogP contribution >= 0.6 is 0 Å². The second kappa shape index (κ2) is 5.08. The first-order valence-electron chi connectivity index (χ1n) is 5.20. The first kappa shape index (κ1) is 11.1. The van der Waals surface area contributed by atoms with Crippen molar-refractivity contribution in [1.82, 2.24) is 15.3 Å². The van der Waals surface area contributed by atoms with E-state index in [1.165, 1.54) is 6.92 Å². The molecule has 84 valence electrons. The lowest BCUT2D eigenvalue weighted by molar-refractivity contribution is -0.118. The van der Waals surface area contributed by atoms with Crippen LogP contribution in [0.3, 0.4) is 0 Å². The van der Waals surface area contributed by atoms with Crippen LogP contribution in [0.15, 0.2) is 30.6 Å². The van der Waals surface area contributed by atoms with Gasteiger partial charge in [0.25, 0.3) is 0 Å². The first-order chi connectivity index (χ1) is 8.25. The van der Waals surface area contributed by atoms with Gasteiger partial charge in [0.2, 0.25) is 5.91 Å². The molecular weight excluding hydrogens is 214 g/mol. The van der Waals surface area contributed by atoms with Crippen molar-refractivity contribution in [3.05, 3.63) is 36.2 Å². The number of fused-ring (bicyclic) bond motifs is 1. The number of carbonyl (C=O) groups is 1. The summed E-state index contributed by atoms with van der Waals surface area (Å²) in [5, 5.41) is 2.61. The molecule has 4 nitrogen and oxygen atoms in total. The van der Waals surface area contributed by atoms with Crippen LogP contribution in [0, 0.1) is 11.8 Å². The normalized spacial score (nSPS) is 9.47. The molecule has 0 spiro atoms. The van der Waals surface area contributed by atoms with Crippen molar-refractivity contribution in [3.8, 4) is 11.8 Å². The molecule has 1 aromatic heterocycles. The summed E-state index contributed by atoms with van der Waals surface area (Å²) in [5.41, 5.74) is 2.53. The largest absolute Gasteiger partial charge is 0.345 e. The maximum atomic E-state index is 10.6. The average Bonchev–Trinajstić information content (AvgIpc) is 2.34. The summed E-state index contributed by atoms with van der Waals surface area (Å²) in [7, 11) is 0. The fraction of sp³-hybridized carbons (Fsp3) is 0.154. The SMILES string of the molecule is CC(=O)NCC#Cc1ccc2nccnc2c1. The van der Waals surface area contributed by atoms with E-state index in [0.29, 0.717) is 6.54 Å². The van der Waals surface area contributed by atoms with E-state index < -0.39 is 0 Å². The van der Waals surface area contributed by atoms with E-state index in [1.807, 2.05) is 18.2 Å². The molecule has 4 heteroatoms. The lowest BCUT2D eigenvalue weighted by Gasteiger charge is -1.96. The van der Waals surface area contributed by atoms with Crippen molar-refractivity contribution in [2.45, 2.75) is 6.92 Å². The molecule has 0 radical (unpaired) electrons. The Hall–Kier alpha value is -2.41. The molecule has 0 aliphatic rings. The summed E-state index contributed by atoms with van der Waals surface area (Å²) in [6.07, 6.45) is 3.31. The Morgan fingerprint density at radius 1 is 1.29 bits per heavy atom. The van der Waals surface area contributed by atoms with Crippen LogP contribution in [0.4, 0.5) is 0 Å². The fourth-order valence-electron chi connectivity index (χ4n) is 1.36. The van der Waals surface area contributed by atoms with Crippen LogP contribution in [0.5, 0.6) is 0 Å². The highest BCUT2D eigenvalue weighted by atomic mass is 16.1. The number of aromatic nitrogens is 2. The molecule has 1 N–H and O–H groups in total. The van der Waals surface area contributed by atoms with Gasteiger partial charge in [0, 0.05) is 24.9 Å². The van der Waals surface area contributed by atoms with E-state index in [1.54, 1.807) is 12.4 Å². The summed E-state index contributed by atoms with van der Waals surface area (Å²) >= 11 is 0. The van der Waals surface area contributed by atoms with E-state index in [-0.39, 0.29) is 5.91 Å². The number of nitrogens with zero attached hydrogens (tertiary/aromatic N) is 2. The highest BCUT2D eigenvalue weighted by Gasteiger charge is 1.95. The monoisotopic (exact) mass is 225 g/mol. The Bertz CT molecular complexity index is 611. The Labute approximate surface area is 99.1 Å². The molecule has 1 heterocycles. The summed E-state index contributed by atoms with van der Waals surface area (Å²) in [6, 6.07) is 5.64. The minimum absolute atomic E-state index is 0.0799. The van der Waals surface area contributed by atoms with Crippen molar-refractivity contribution in [2.24, 2.45) is 0 Å². The highest BCUT2D eigenvalue weighted by Crippen LogP contribution is 2.09. The Kier molecular flexibility index (Phi) is 3.31. The quantitative estimate of drug-likeness (QED) is 0.740. The molecule has 0 atom stereocenters. The van der Waals surface area contributed by atoms with Gasteiger partial charge in [-0.1, -0.05) is 11.8 Å². The second-order valence-electron chi connectivity index (χ2n) is 3.47. The number of hydrogen-bond donors (Lipinski definition) is 1. The smallest absolute Gasteiger partial charge is 0.217 e. The molecule has 0 saturated carbocycles. The third-order valence-electron chi connectivity index (χ3n) is 2.13. The number of hydrogen-bond acceptors (Lipinski definition) is 3. The van der Waals surface area contributed by atoms with E-state index in [0.717, 1.165) is 16.6 Å². The predicted octanol–water partition coefficient (Wildman–Crippen LogP) is 1.12. The Morgan fingerprint density at radius 2 is 2.06 bits per heavy atom.